The van der Waals surface area contributed by atoms with Gasteiger partial charge in [-0.2, -0.15) is 0 Å². The van der Waals surface area contributed by atoms with Crippen LogP contribution in [0.5, 0.6) is 0 Å². The highest BCUT2D eigenvalue weighted by molar-refractivity contribution is 5.79. The molecule has 0 aromatic rings. The zero-order valence-electron chi connectivity index (χ0n) is 14.6. The van der Waals surface area contributed by atoms with Crippen molar-refractivity contribution in [1.82, 2.24) is 15.5 Å². The summed E-state index contributed by atoms with van der Waals surface area (Å²) in [6.07, 6.45) is 0.783. The van der Waals surface area contributed by atoms with E-state index in [2.05, 4.69) is 29.5 Å². The molecular formula is C15H32N4O2. The van der Waals surface area contributed by atoms with Crippen LogP contribution in [0.15, 0.2) is 4.99 Å². The van der Waals surface area contributed by atoms with Gasteiger partial charge in [-0.25, -0.2) is 4.79 Å². The van der Waals surface area contributed by atoms with Gasteiger partial charge in [0.25, 0.3) is 0 Å². The van der Waals surface area contributed by atoms with Gasteiger partial charge in [-0.15, -0.1) is 0 Å². The minimum Gasteiger partial charge on any atom is -0.444 e. The first-order valence-electron chi connectivity index (χ1n) is 7.54. The molecule has 0 heterocycles. The van der Waals surface area contributed by atoms with Gasteiger partial charge in [-0.3, -0.25) is 4.99 Å². The van der Waals surface area contributed by atoms with E-state index in [1.54, 1.807) is 19.0 Å². The van der Waals surface area contributed by atoms with Crippen LogP contribution in [0.2, 0.25) is 0 Å². The second-order valence-corrected chi connectivity index (χ2v) is 6.51. The highest BCUT2D eigenvalue weighted by atomic mass is 16.6. The minimum atomic E-state index is -0.465. The molecule has 0 fully saturated rings. The van der Waals surface area contributed by atoms with Gasteiger partial charge in [0.05, 0.1) is 0 Å². The molecule has 0 aromatic heterocycles. The molecule has 0 bridgehead atoms. The number of carbonyl (C=O) groups excluding carboxylic acids is 1. The second-order valence-electron chi connectivity index (χ2n) is 6.51. The molecule has 0 radical (unpaired) electrons. The Morgan fingerprint density at radius 2 is 1.81 bits per heavy atom. The summed E-state index contributed by atoms with van der Waals surface area (Å²) in [5.41, 5.74) is -0.465. The van der Waals surface area contributed by atoms with E-state index in [-0.39, 0.29) is 6.09 Å². The zero-order chi connectivity index (χ0) is 16.5. The number of nitrogens with zero attached hydrogens (tertiary/aromatic N) is 2. The minimum absolute atomic E-state index is 0.313. The number of hydrogen-bond acceptors (Lipinski definition) is 3. The van der Waals surface area contributed by atoms with Crippen molar-refractivity contribution in [1.29, 1.82) is 0 Å². The van der Waals surface area contributed by atoms with Crippen LogP contribution in [0, 0.1) is 5.92 Å². The van der Waals surface area contributed by atoms with Gasteiger partial charge in [0.15, 0.2) is 5.96 Å². The van der Waals surface area contributed by atoms with Gasteiger partial charge >= 0.3 is 6.09 Å². The van der Waals surface area contributed by atoms with Crippen LogP contribution in [0.1, 0.15) is 41.0 Å². The maximum absolute atomic E-state index is 11.8. The van der Waals surface area contributed by atoms with Crippen LogP contribution in [0.3, 0.4) is 0 Å². The average Bonchev–Trinajstić information content (AvgIpc) is 2.34. The van der Waals surface area contributed by atoms with E-state index in [0.29, 0.717) is 19.0 Å². The molecule has 0 aromatic carbocycles. The summed E-state index contributed by atoms with van der Waals surface area (Å²) >= 11 is 0. The van der Waals surface area contributed by atoms with Crippen molar-refractivity contribution in [3.05, 3.63) is 0 Å². The first kappa shape index (κ1) is 19.5. The molecule has 2 N–H and O–H groups in total. The number of rotatable bonds is 6. The van der Waals surface area contributed by atoms with E-state index < -0.39 is 5.60 Å². The van der Waals surface area contributed by atoms with Gasteiger partial charge in [-0.1, -0.05) is 13.8 Å². The molecule has 0 aliphatic heterocycles. The van der Waals surface area contributed by atoms with Crippen molar-refractivity contribution < 1.29 is 9.53 Å². The number of carbonyl (C=O) groups is 1. The molecule has 0 atom stereocenters. The van der Waals surface area contributed by atoms with Crippen LogP contribution >= 0.6 is 0 Å². The fourth-order valence-electron chi connectivity index (χ4n) is 1.47. The Hall–Kier alpha value is -1.46. The summed E-state index contributed by atoms with van der Waals surface area (Å²) in [6, 6.07) is 0. The van der Waals surface area contributed by atoms with Crippen LogP contribution in [0.4, 0.5) is 4.79 Å². The Balaban J connectivity index is 3.97. The third-order valence-corrected chi connectivity index (χ3v) is 2.68. The molecule has 0 rings (SSSR count). The molecule has 1 amide bonds. The molecule has 0 spiro atoms. The average molecular weight is 300 g/mol. The number of hydrogen-bond donors (Lipinski definition) is 2. The van der Waals surface area contributed by atoms with Crippen LogP contribution in [0.25, 0.3) is 0 Å². The molecule has 6 heteroatoms. The molecule has 21 heavy (non-hydrogen) atoms. The Kier molecular flexibility index (Phi) is 8.81. The number of guanidine groups is 1. The van der Waals surface area contributed by atoms with Gasteiger partial charge in [0.1, 0.15) is 5.60 Å². The summed E-state index contributed by atoms with van der Waals surface area (Å²) in [5.74, 6) is 1.42. The number of nitrogens with one attached hydrogen (secondary N) is 2. The van der Waals surface area contributed by atoms with Crippen molar-refractivity contribution in [2.45, 2.75) is 46.6 Å². The lowest BCUT2D eigenvalue weighted by Crippen LogP contribution is -2.43. The standard InChI is InChI=1S/C15H32N4O2/c1-12(2)8-9-17-13(16-6)18-10-11-19(7)14(20)21-15(3,4)5/h12H,8-11H2,1-7H3,(H2,16,17,18). The second kappa shape index (κ2) is 9.47. The van der Waals surface area contributed by atoms with Crippen LogP contribution in [-0.2, 0) is 4.74 Å². The maximum atomic E-state index is 11.8. The summed E-state index contributed by atoms with van der Waals surface area (Å²) < 4.78 is 5.29. The smallest absolute Gasteiger partial charge is 0.410 e. The predicted octanol–water partition coefficient (Wildman–Crippen LogP) is 2.06. The summed E-state index contributed by atoms with van der Waals surface area (Å²) in [6.45, 7) is 12.0. The molecule has 0 aliphatic rings. The Labute approximate surface area is 129 Å². The van der Waals surface area contributed by atoms with Gasteiger partial charge in [0, 0.05) is 33.7 Å². The van der Waals surface area contributed by atoms with E-state index in [0.717, 1.165) is 18.9 Å². The predicted molar refractivity (Wildman–Crippen MR) is 87.7 cm³/mol. The number of aliphatic imine (C=N–C) groups is 1. The molecule has 0 saturated heterocycles. The molecule has 0 saturated carbocycles. The molecule has 0 unspecified atom stereocenters. The van der Waals surface area contributed by atoms with Crippen molar-refractivity contribution in [2.24, 2.45) is 10.9 Å². The first-order valence-corrected chi connectivity index (χ1v) is 7.54. The lowest BCUT2D eigenvalue weighted by Gasteiger charge is -2.25. The van der Waals surface area contributed by atoms with Crippen LogP contribution < -0.4 is 10.6 Å². The topological polar surface area (TPSA) is 66.0 Å². The van der Waals surface area contributed by atoms with E-state index in [1.165, 1.54) is 0 Å². The molecule has 0 aliphatic carbocycles. The highest BCUT2D eigenvalue weighted by Gasteiger charge is 2.19. The highest BCUT2D eigenvalue weighted by Crippen LogP contribution is 2.08. The molecule has 6 nitrogen and oxygen atoms in total. The SMILES string of the molecule is CN=C(NCCC(C)C)NCCN(C)C(=O)OC(C)(C)C. The number of likely N-dealkylation sites (N-methyl/N-ethyl adjacent to an activating group) is 1. The van der Waals surface area contributed by atoms with Crippen molar-refractivity contribution >= 4 is 12.1 Å². The van der Waals surface area contributed by atoms with E-state index >= 15 is 0 Å². The van der Waals surface area contributed by atoms with Crippen LogP contribution in [-0.4, -0.2) is 56.3 Å². The Bertz CT molecular complexity index is 335. The Morgan fingerprint density at radius 3 is 2.29 bits per heavy atom. The number of ether oxygens (including phenoxy) is 1. The quantitative estimate of drug-likeness (QED) is 0.582. The van der Waals surface area contributed by atoms with E-state index in [9.17, 15) is 4.79 Å². The molecule has 124 valence electrons. The summed E-state index contributed by atoms with van der Waals surface area (Å²) in [4.78, 5) is 17.5. The van der Waals surface area contributed by atoms with E-state index in [1.807, 2.05) is 20.8 Å². The number of amides is 1. The lowest BCUT2D eigenvalue weighted by molar-refractivity contribution is 0.0302. The van der Waals surface area contributed by atoms with Gasteiger partial charge in [-0.05, 0) is 33.1 Å². The summed E-state index contributed by atoms with van der Waals surface area (Å²) in [5, 5.41) is 6.43. The zero-order valence-corrected chi connectivity index (χ0v) is 14.6. The fraction of sp³-hybridized carbons (Fsp3) is 0.867. The first-order chi connectivity index (χ1) is 9.65. The monoisotopic (exact) mass is 300 g/mol. The van der Waals surface area contributed by atoms with Crippen molar-refractivity contribution in [3.8, 4) is 0 Å². The molecular weight excluding hydrogens is 268 g/mol. The van der Waals surface area contributed by atoms with Gasteiger partial charge in [0.2, 0.25) is 0 Å². The fourth-order valence-corrected chi connectivity index (χ4v) is 1.47. The third-order valence-electron chi connectivity index (χ3n) is 2.68. The maximum Gasteiger partial charge on any atom is 0.410 e. The normalized spacial score (nSPS) is 12.3. The largest absolute Gasteiger partial charge is 0.444 e. The lowest BCUT2D eigenvalue weighted by atomic mass is 10.1. The van der Waals surface area contributed by atoms with Crippen molar-refractivity contribution in [2.75, 3.05) is 33.7 Å². The summed E-state index contributed by atoms with van der Waals surface area (Å²) in [7, 11) is 3.47. The van der Waals surface area contributed by atoms with Crippen molar-refractivity contribution in [3.63, 3.8) is 0 Å². The van der Waals surface area contributed by atoms with E-state index in [4.69, 9.17) is 4.74 Å². The third kappa shape index (κ3) is 10.9. The Morgan fingerprint density at radius 1 is 1.24 bits per heavy atom. The van der Waals surface area contributed by atoms with Gasteiger partial charge < -0.3 is 20.3 Å².